The van der Waals surface area contributed by atoms with Gasteiger partial charge in [0.15, 0.2) is 16.7 Å². The van der Waals surface area contributed by atoms with Crippen molar-refractivity contribution in [2.24, 2.45) is 0 Å². The number of thiophene rings is 1. The summed E-state index contributed by atoms with van der Waals surface area (Å²) in [5.41, 5.74) is 2.66. The van der Waals surface area contributed by atoms with E-state index in [1.807, 2.05) is 54.6 Å². The second-order valence-electron chi connectivity index (χ2n) is 7.75. The van der Waals surface area contributed by atoms with E-state index >= 15 is 0 Å². The van der Waals surface area contributed by atoms with Gasteiger partial charge in [0.1, 0.15) is 15.3 Å². The molecule has 0 fully saturated rings. The normalized spacial score (nSPS) is 12.5. The maximum Gasteiger partial charge on any atom is 0.272 e. The lowest BCUT2D eigenvalue weighted by molar-refractivity contribution is 0.174. The first-order valence-electron chi connectivity index (χ1n) is 10.6. The fraction of sp³-hybridized carbons (Fsp3) is 0.160. The van der Waals surface area contributed by atoms with Crippen LogP contribution < -0.4 is 19.8 Å². The standard InChI is InChI=1S/C25H19N3O4S2/c1-30-17-5-2-4-16(10-17)13-33-25-27-21-18-6-3-9-26-23(18)34-22(21)24(29)28(25)12-15-7-8-19-20(11-15)32-14-31-19/h2-11H,12-14H2,1H3. The third-order valence-corrected chi connectivity index (χ3v) is 7.74. The topological polar surface area (TPSA) is 75.5 Å². The molecule has 3 aromatic heterocycles. The highest BCUT2D eigenvalue weighted by atomic mass is 32.2. The summed E-state index contributed by atoms with van der Waals surface area (Å²) in [6.45, 7) is 0.587. The summed E-state index contributed by atoms with van der Waals surface area (Å²) >= 11 is 2.91. The number of fused-ring (bicyclic) bond motifs is 4. The van der Waals surface area contributed by atoms with E-state index in [2.05, 4.69) is 4.98 Å². The number of aromatic nitrogens is 3. The molecule has 6 rings (SSSR count). The molecule has 0 bridgehead atoms. The van der Waals surface area contributed by atoms with Crippen LogP contribution in [0, 0.1) is 0 Å². The lowest BCUT2D eigenvalue weighted by Crippen LogP contribution is -2.23. The number of benzene rings is 2. The second-order valence-corrected chi connectivity index (χ2v) is 9.69. The van der Waals surface area contributed by atoms with Gasteiger partial charge in [-0.25, -0.2) is 9.97 Å². The second kappa shape index (κ2) is 8.66. The zero-order valence-corrected chi connectivity index (χ0v) is 19.8. The first-order valence-corrected chi connectivity index (χ1v) is 12.4. The van der Waals surface area contributed by atoms with Gasteiger partial charge in [-0.2, -0.15) is 0 Å². The Kier molecular flexibility index (Phi) is 5.35. The zero-order valence-electron chi connectivity index (χ0n) is 18.2. The van der Waals surface area contributed by atoms with Crippen molar-refractivity contribution in [3.8, 4) is 17.2 Å². The molecule has 0 aliphatic carbocycles. The van der Waals surface area contributed by atoms with Crippen LogP contribution in [0.1, 0.15) is 11.1 Å². The van der Waals surface area contributed by atoms with Crippen LogP contribution in [0.2, 0.25) is 0 Å². The van der Waals surface area contributed by atoms with Gasteiger partial charge >= 0.3 is 0 Å². The number of ether oxygens (including phenoxy) is 3. The van der Waals surface area contributed by atoms with Crippen molar-refractivity contribution in [3.05, 3.63) is 82.3 Å². The number of thioether (sulfide) groups is 1. The van der Waals surface area contributed by atoms with Crippen LogP contribution in [-0.2, 0) is 12.3 Å². The molecule has 0 unspecified atom stereocenters. The van der Waals surface area contributed by atoms with E-state index in [1.165, 1.54) is 23.1 Å². The molecule has 7 nitrogen and oxygen atoms in total. The lowest BCUT2D eigenvalue weighted by atomic mass is 10.2. The summed E-state index contributed by atoms with van der Waals surface area (Å²) in [5, 5.41) is 1.56. The molecule has 34 heavy (non-hydrogen) atoms. The molecule has 0 spiro atoms. The Morgan fingerprint density at radius 1 is 1.09 bits per heavy atom. The van der Waals surface area contributed by atoms with E-state index in [9.17, 15) is 4.79 Å². The van der Waals surface area contributed by atoms with E-state index in [1.54, 1.807) is 17.9 Å². The number of nitrogens with zero attached hydrogens (tertiary/aromatic N) is 3. The predicted molar refractivity (Wildman–Crippen MR) is 133 cm³/mol. The van der Waals surface area contributed by atoms with Crippen LogP contribution in [0.4, 0.5) is 0 Å². The fourth-order valence-corrected chi connectivity index (χ4v) is 5.89. The molecule has 0 atom stereocenters. The molecule has 9 heteroatoms. The van der Waals surface area contributed by atoms with Crippen molar-refractivity contribution >= 4 is 43.5 Å². The van der Waals surface area contributed by atoms with Gasteiger partial charge in [0.2, 0.25) is 6.79 Å². The SMILES string of the molecule is COc1cccc(CSc2nc3c(sc4ncccc43)c(=O)n2Cc2ccc3c(c2)OCO3)c1. The average Bonchev–Trinajstić information content (AvgIpc) is 3.49. The lowest BCUT2D eigenvalue weighted by Gasteiger charge is -2.13. The third kappa shape index (κ3) is 3.76. The van der Waals surface area contributed by atoms with E-state index in [0.717, 1.165) is 27.1 Å². The van der Waals surface area contributed by atoms with Gasteiger partial charge in [-0.05, 0) is 47.5 Å². The molecule has 2 aromatic carbocycles. The smallest absolute Gasteiger partial charge is 0.272 e. The van der Waals surface area contributed by atoms with Crippen LogP contribution >= 0.6 is 23.1 Å². The molecule has 0 saturated heterocycles. The number of hydrogen-bond donors (Lipinski definition) is 0. The molecule has 0 radical (unpaired) electrons. The van der Waals surface area contributed by atoms with Crippen molar-refractivity contribution in [3.63, 3.8) is 0 Å². The van der Waals surface area contributed by atoms with E-state index in [-0.39, 0.29) is 12.4 Å². The molecular weight excluding hydrogens is 470 g/mol. The van der Waals surface area contributed by atoms with Crippen molar-refractivity contribution in [1.82, 2.24) is 14.5 Å². The fourth-order valence-electron chi connectivity index (χ4n) is 3.92. The molecule has 4 heterocycles. The summed E-state index contributed by atoms with van der Waals surface area (Å²) < 4.78 is 18.7. The molecule has 5 aromatic rings. The number of methoxy groups -OCH3 is 1. The first kappa shape index (κ1) is 21.0. The summed E-state index contributed by atoms with van der Waals surface area (Å²) in [6.07, 6.45) is 1.74. The zero-order chi connectivity index (χ0) is 23.1. The van der Waals surface area contributed by atoms with Gasteiger partial charge in [-0.3, -0.25) is 9.36 Å². The van der Waals surface area contributed by atoms with Gasteiger partial charge in [0.25, 0.3) is 5.56 Å². The molecule has 0 N–H and O–H groups in total. The van der Waals surface area contributed by atoms with E-state index in [0.29, 0.717) is 39.2 Å². The largest absolute Gasteiger partial charge is 0.497 e. The highest BCUT2D eigenvalue weighted by molar-refractivity contribution is 7.98. The van der Waals surface area contributed by atoms with Gasteiger partial charge in [-0.15, -0.1) is 11.3 Å². The summed E-state index contributed by atoms with van der Waals surface area (Å²) in [5.74, 6) is 2.86. The highest BCUT2D eigenvalue weighted by Gasteiger charge is 2.19. The Labute approximate surface area is 202 Å². The molecule has 1 aliphatic rings. The van der Waals surface area contributed by atoms with Crippen LogP contribution in [-0.4, -0.2) is 28.4 Å². The third-order valence-electron chi connectivity index (χ3n) is 5.60. The molecular formula is C25H19N3O4S2. The van der Waals surface area contributed by atoms with Gasteiger partial charge in [0.05, 0.1) is 19.2 Å². The number of pyridine rings is 1. The maximum atomic E-state index is 13.7. The summed E-state index contributed by atoms with van der Waals surface area (Å²) in [6, 6.07) is 17.5. The van der Waals surface area contributed by atoms with Gasteiger partial charge < -0.3 is 14.2 Å². The van der Waals surface area contributed by atoms with Crippen molar-refractivity contribution in [2.75, 3.05) is 13.9 Å². The Balaban J connectivity index is 1.44. The average molecular weight is 490 g/mol. The van der Waals surface area contributed by atoms with Crippen molar-refractivity contribution in [1.29, 1.82) is 0 Å². The van der Waals surface area contributed by atoms with E-state index < -0.39 is 0 Å². The molecule has 1 aliphatic heterocycles. The number of hydrogen-bond acceptors (Lipinski definition) is 8. The monoisotopic (exact) mass is 489 g/mol. The van der Waals surface area contributed by atoms with Crippen LogP contribution in [0.5, 0.6) is 17.2 Å². The molecule has 0 saturated carbocycles. The minimum atomic E-state index is -0.0705. The predicted octanol–water partition coefficient (Wildman–Crippen LogP) is 5.08. The molecule has 170 valence electrons. The van der Waals surface area contributed by atoms with Crippen molar-refractivity contribution in [2.45, 2.75) is 17.5 Å². The Bertz CT molecular complexity index is 1600. The van der Waals surface area contributed by atoms with E-state index in [4.69, 9.17) is 19.2 Å². The summed E-state index contributed by atoms with van der Waals surface area (Å²) in [4.78, 5) is 23.9. The first-order chi connectivity index (χ1) is 16.7. The number of rotatable bonds is 6. The minimum Gasteiger partial charge on any atom is -0.497 e. The Morgan fingerprint density at radius 3 is 2.91 bits per heavy atom. The van der Waals surface area contributed by atoms with Crippen LogP contribution in [0.15, 0.2) is 70.7 Å². The van der Waals surface area contributed by atoms with Crippen molar-refractivity contribution < 1.29 is 14.2 Å². The Hall–Kier alpha value is -3.56. The molecule has 0 amide bonds. The van der Waals surface area contributed by atoms with Gasteiger partial charge in [-0.1, -0.05) is 30.0 Å². The van der Waals surface area contributed by atoms with Gasteiger partial charge in [0, 0.05) is 17.3 Å². The van der Waals surface area contributed by atoms with Crippen LogP contribution in [0.3, 0.4) is 0 Å². The summed E-state index contributed by atoms with van der Waals surface area (Å²) in [7, 11) is 1.65. The highest BCUT2D eigenvalue weighted by Crippen LogP contribution is 2.34. The maximum absolute atomic E-state index is 13.7. The van der Waals surface area contributed by atoms with Crippen LogP contribution in [0.25, 0.3) is 20.4 Å². The Morgan fingerprint density at radius 2 is 2.00 bits per heavy atom. The quantitative estimate of drug-likeness (QED) is 0.243. The minimum absolute atomic E-state index is 0.0705.